The summed E-state index contributed by atoms with van der Waals surface area (Å²) in [5.41, 5.74) is 2.39. The molecule has 7 heteroatoms. The van der Waals surface area contributed by atoms with Crippen molar-refractivity contribution in [3.05, 3.63) is 62.1 Å². The third kappa shape index (κ3) is 3.03. The Morgan fingerprint density at radius 1 is 1.08 bits per heavy atom. The van der Waals surface area contributed by atoms with Gasteiger partial charge >= 0.3 is 0 Å². The molecule has 128 valence electrons. The summed E-state index contributed by atoms with van der Waals surface area (Å²) < 4.78 is 8.31. The monoisotopic (exact) mass is 417 g/mol. The number of fused-ring (bicyclic) bond motifs is 1. The van der Waals surface area contributed by atoms with E-state index in [4.69, 9.17) is 17.0 Å². The van der Waals surface area contributed by atoms with Gasteiger partial charge in [0.1, 0.15) is 0 Å². The van der Waals surface area contributed by atoms with E-state index in [9.17, 15) is 4.79 Å². The average molecular weight is 418 g/mol. The molecule has 0 bridgehead atoms. The van der Waals surface area contributed by atoms with E-state index < -0.39 is 0 Å². The Bertz CT molecular complexity index is 1050. The predicted octanol–water partition coefficient (Wildman–Crippen LogP) is 3.65. The van der Waals surface area contributed by atoms with Crippen LogP contribution in [0.1, 0.15) is 0 Å². The molecule has 4 rings (SSSR count). The lowest BCUT2D eigenvalue weighted by molar-refractivity contribution is 0.122. The third-order valence-electron chi connectivity index (χ3n) is 4.33. The Balaban J connectivity index is 1.95. The van der Waals surface area contributed by atoms with Crippen molar-refractivity contribution >= 4 is 44.7 Å². The summed E-state index contributed by atoms with van der Waals surface area (Å²) in [4.78, 5) is 18.5. The molecule has 2 aromatic carbocycles. The van der Waals surface area contributed by atoms with E-state index >= 15 is 0 Å². The third-order valence-corrected chi connectivity index (χ3v) is 5.11. The fraction of sp³-hybridized carbons (Fsp3) is 0.222. The molecule has 0 spiro atoms. The molecule has 0 amide bonds. The van der Waals surface area contributed by atoms with Gasteiger partial charge in [0.25, 0.3) is 5.56 Å². The van der Waals surface area contributed by atoms with E-state index in [2.05, 4.69) is 25.8 Å². The number of H-pyrrole nitrogens is 1. The van der Waals surface area contributed by atoms with Crippen molar-refractivity contribution in [2.75, 3.05) is 31.2 Å². The first-order valence-corrected chi connectivity index (χ1v) is 9.22. The second-order valence-electron chi connectivity index (χ2n) is 5.85. The van der Waals surface area contributed by atoms with E-state index in [1.54, 1.807) is 10.6 Å². The van der Waals surface area contributed by atoms with Gasteiger partial charge in [0.2, 0.25) is 0 Å². The van der Waals surface area contributed by atoms with Crippen LogP contribution in [0.5, 0.6) is 0 Å². The molecule has 25 heavy (non-hydrogen) atoms. The summed E-state index contributed by atoms with van der Waals surface area (Å²) in [6, 6.07) is 13.4. The first-order chi connectivity index (χ1) is 12.1. The second-order valence-corrected chi connectivity index (χ2v) is 7.15. The number of rotatable bonds is 2. The van der Waals surface area contributed by atoms with Crippen LogP contribution in [-0.2, 0) is 4.74 Å². The molecule has 1 aliphatic rings. The minimum Gasteiger partial charge on any atom is -0.378 e. The standard InChI is InChI=1S/C18H16BrN3O2S/c19-12-5-6-13-14(11-12)20-18(25)22(17(13)23)16-4-2-1-3-15(16)21-7-9-24-10-8-21/h1-6,11H,7-10H2,(H,20,25). The van der Waals surface area contributed by atoms with Crippen LogP contribution in [0.25, 0.3) is 16.6 Å². The summed E-state index contributed by atoms with van der Waals surface area (Å²) in [6.45, 7) is 2.95. The lowest BCUT2D eigenvalue weighted by Gasteiger charge is -2.30. The second kappa shape index (κ2) is 6.74. The number of para-hydroxylation sites is 2. The number of nitrogens with zero attached hydrogens (tertiary/aromatic N) is 2. The Morgan fingerprint density at radius 3 is 2.56 bits per heavy atom. The molecular formula is C18H16BrN3O2S. The van der Waals surface area contributed by atoms with E-state index in [-0.39, 0.29) is 5.56 Å². The molecule has 1 fully saturated rings. The number of halogens is 1. The normalized spacial score (nSPS) is 14.8. The van der Waals surface area contributed by atoms with Gasteiger partial charge in [0, 0.05) is 17.6 Å². The van der Waals surface area contributed by atoms with E-state index in [1.165, 1.54) is 0 Å². The van der Waals surface area contributed by atoms with Gasteiger partial charge in [0.15, 0.2) is 4.77 Å². The van der Waals surface area contributed by atoms with Crippen molar-refractivity contribution in [2.45, 2.75) is 0 Å². The molecule has 0 atom stereocenters. The highest BCUT2D eigenvalue weighted by Crippen LogP contribution is 2.25. The van der Waals surface area contributed by atoms with E-state index in [0.29, 0.717) is 23.4 Å². The summed E-state index contributed by atoms with van der Waals surface area (Å²) in [5, 5.41) is 0.605. The molecule has 0 unspecified atom stereocenters. The molecule has 0 radical (unpaired) electrons. The molecule has 1 aliphatic heterocycles. The van der Waals surface area contributed by atoms with Crippen LogP contribution in [0.15, 0.2) is 51.7 Å². The molecule has 5 nitrogen and oxygen atoms in total. The molecular weight excluding hydrogens is 402 g/mol. The van der Waals surface area contributed by atoms with Crippen molar-refractivity contribution in [2.24, 2.45) is 0 Å². The lowest BCUT2D eigenvalue weighted by Crippen LogP contribution is -2.37. The Labute approximate surface area is 158 Å². The largest absolute Gasteiger partial charge is 0.378 e. The number of aromatic amines is 1. The van der Waals surface area contributed by atoms with E-state index in [0.717, 1.165) is 34.5 Å². The molecule has 3 aromatic rings. The van der Waals surface area contributed by atoms with Gasteiger partial charge in [-0.05, 0) is 42.5 Å². The molecule has 1 N–H and O–H groups in total. The van der Waals surface area contributed by atoms with Gasteiger partial charge in [-0.3, -0.25) is 9.36 Å². The highest BCUT2D eigenvalue weighted by atomic mass is 79.9. The van der Waals surface area contributed by atoms with Crippen LogP contribution in [-0.4, -0.2) is 35.9 Å². The molecule has 0 saturated carbocycles. The van der Waals surface area contributed by atoms with Crippen molar-refractivity contribution < 1.29 is 4.74 Å². The highest BCUT2D eigenvalue weighted by molar-refractivity contribution is 9.10. The minimum atomic E-state index is -0.119. The van der Waals surface area contributed by atoms with Crippen LogP contribution in [0.4, 0.5) is 5.69 Å². The molecule has 1 saturated heterocycles. The predicted molar refractivity (Wildman–Crippen MR) is 105 cm³/mol. The quantitative estimate of drug-likeness (QED) is 0.646. The number of benzene rings is 2. The number of hydrogen-bond donors (Lipinski definition) is 1. The molecule has 2 heterocycles. The maximum atomic E-state index is 13.1. The van der Waals surface area contributed by atoms with Crippen LogP contribution in [0.2, 0.25) is 0 Å². The smallest absolute Gasteiger partial charge is 0.266 e. The van der Waals surface area contributed by atoms with Gasteiger partial charge in [0.05, 0.1) is 35.5 Å². The van der Waals surface area contributed by atoms with Gasteiger partial charge < -0.3 is 14.6 Å². The molecule has 0 aliphatic carbocycles. The zero-order valence-electron chi connectivity index (χ0n) is 13.4. The maximum Gasteiger partial charge on any atom is 0.266 e. The van der Waals surface area contributed by atoms with Crippen molar-refractivity contribution in [3.8, 4) is 5.69 Å². The zero-order chi connectivity index (χ0) is 17.4. The summed E-state index contributed by atoms with van der Waals surface area (Å²) in [7, 11) is 0. The van der Waals surface area contributed by atoms with Crippen molar-refractivity contribution in [1.82, 2.24) is 9.55 Å². The Kier molecular flexibility index (Phi) is 4.45. The highest BCUT2D eigenvalue weighted by Gasteiger charge is 2.17. The first kappa shape index (κ1) is 16.5. The topological polar surface area (TPSA) is 50.3 Å². The SMILES string of the molecule is O=c1c2ccc(Br)cc2[nH]c(=S)n1-c1ccccc1N1CCOCC1. The van der Waals surface area contributed by atoms with Crippen LogP contribution < -0.4 is 10.5 Å². The number of hydrogen-bond acceptors (Lipinski definition) is 4. The minimum absolute atomic E-state index is 0.119. The van der Waals surface area contributed by atoms with Gasteiger partial charge in [-0.25, -0.2) is 0 Å². The van der Waals surface area contributed by atoms with Gasteiger partial charge in [-0.15, -0.1) is 0 Å². The van der Waals surface area contributed by atoms with Crippen LogP contribution >= 0.6 is 28.1 Å². The maximum absolute atomic E-state index is 13.1. The van der Waals surface area contributed by atoms with Crippen LogP contribution in [0.3, 0.4) is 0 Å². The first-order valence-electron chi connectivity index (χ1n) is 8.02. The number of nitrogens with one attached hydrogen (secondary N) is 1. The fourth-order valence-electron chi connectivity index (χ4n) is 3.13. The average Bonchev–Trinajstić information content (AvgIpc) is 2.62. The van der Waals surface area contributed by atoms with Crippen LogP contribution in [0, 0.1) is 4.77 Å². The number of ether oxygens (including phenoxy) is 1. The lowest BCUT2D eigenvalue weighted by atomic mass is 10.2. The van der Waals surface area contributed by atoms with E-state index in [1.807, 2.05) is 36.4 Å². The van der Waals surface area contributed by atoms with Gasteiger partial charge in [-0.2, -0.15) is 0 Å². The zero-order valence-corrected chi connectivity index (χ0v) is 15.8. The summed E-state index contributed by atoms with van der Waals surface area (Å²) >= 11 is 8.93. The number of morpholine rings is 1. The molecule has 1 aromatic heterocycles. The summed E-state index contributed by atoms with van der Waals surface area (Å²) in [5.74, 6) is 0. The summed E-state index contributed by atoms with van der Waals surface area (Å²) in [6.07, 6.45) is 0. The van der Waals surface area contributed by atoms with Crippen molar-refractivity contribution in [3.63, 3.8) is 0 Å². The Hall–Kier alpha value is -1.96. The fourth-order valence-corrected chi connectivity index (χ4v) is 3.79. The Morgan fingerprint density at radius 2 is 1.80 bits per heavy atom. The number of anilines is 1. The number of aromatic nitrogens is 2. The van der Waals surface area contributed by atoms with Crippen molar-refractivity contribution in [1.29, 1.82) is 0 Å². The van der Waals surface area contributed by atoms with Gasteiger partial charge in [-0.1, -0.05) is 28.1 Å².